The lowest BCUT2D eigenvalue weighted by Gasteiger charge is -2.15. The number of amides is 2. The van der Waals surface area contributed by atoms with Crippen LogP contribution in [-0.4, -0.2) is 45.4 Å². The first-order valence-corrected chi connectivity index (χ1v) is 14.5. The average molecular weight is 585 g/mol. The molecule has 0 spiro atoms. The molecule has 1 aliphatic rings. The van der Waals surface area contributed by atoms with Crippen molar-refractivity contribution in [3.63, 3.8) is 0 Å². The zero-order valence-electron chi connectivity index (χ0n) is 23.6. The number of nitrogens with one attached hydrogen (secondary N) is 2. The molecule has 0 saturated heterocycles. The Labute approximate surface area is 250 Å². The van der Waals surface area contributed by atoms with Gasteiger partial charge in [-0.15, -0.1) is 10.2 Å². The molecule has 0 unspecified atom stereocenters. The zero-order valence-corrected chi connectivity index (χ0v) is 24.4. The van der Waals surface area contributed by atoms with Crippen LogP contribution in [0.5, 0.6) is 5.75 Å². The van der Waals surface area contributed by atoms with E-state index >= 15 is 0 Å². The highest BCUT2D eigenvalue weighted by atomic mass is 35.5. The van der Waals surface area contributed by atoms with Crippen LogP contribution in [-0.2, 0) is 9.59 Å². The molecule has 9 nitrogen and oxygen atoms in total. The first-order chi connectivity index (χ1) is 20.4. The number of rotatable bonds is 11. The van der Waals surface area contributed by atoms with Crippen molar-refractivity contribution in [2.45, 2.75) is 45.6 Å². The molecule has 0 saturated carbocycles. The fourth-order valence-electron chi connectivity index (χ4n) is 4.91. The Kier molecular flexibility index (Phi) is 9.28. The van der Waals surface area contributed by atoms with E-state index in [0.717, 1.165) is 28.9 Å². The highest BCUT2D eigenvalue weighted by Crippen LogP contribution is 2.34. The van der Waals surface area contributed by atoms with E-state index in [4.69, 9.17) is 21.3 Å². The van der Waals surface area contributed by atoms with Crippen molar-refractivity contribution in [1.29, 1.82) is 0 Å². The summed E-state index contributed by atoms with van der Waals surface area (Å²) in [4.78, 5) is 30.0. The van der Waals surface area contributed by atoms with Crippen molar-refractivity contribution in [3.8, 4) is 11.4 Å². The standard InChI is InChI=1S/C32H33ClN6O3/c1-3-34-30(41)20-27-32-38-37-21(2)39(32)28-17-16-25(19-26(28)31(36-27)22-12-14-23(33)15-13-22)42-18-8-7-11-29(40)35-24-9-5-4-6-10-24/h4-6,9-10,12-17,19,27H,3,7-8,11,18,20H2,1-2H3,(H,34,41)(H,35,40)/t27-/m0/s1. The van der Waals surface area contributed by atoms with Gasteiger partial charge in [-0.25, -0.2) is 0 Å². The van der Waals surface area contributed by atoms with Gasteiger partial charge < -0.3 is 15.4 Å². The molecule has 1 aromatic heterocycles. The molecule has 1 aliphatic heterocycles. The predicted molar refractivity (Wildman–Crippen MR) is 164 cm³/mol. The lowest BCUT2D eigenvalue weighted by molar-refractivity contribution is -0.121. The molecule has 3 aromatic carbocycles. The minimum atomic E-state index is -0.540. The largest absolute Gasteiger partial charge is 0.494 e. The average Bonchev–Trinajstić information content (AvgIpc) is 3.31. The number of aliphatic imine (C=N–C) groups is 1. The van der Waals surface area contributed by atoms with Crippen LogP contribution in [0, 0.1) is 6.92 Å². The molecule has 216 valence electrons. The third-order valence-electron chi connectivity index (χ3n) is 6.89. The lowest BCUT2D eigenvalue weighted by Crippen LogP contribution is -2.25. The van der Waals surface area contributed by atoms with E-state index in [1.54, 1.807) is 0 Å². The summed E-state index contributed by atoms with van der Waals surface area (Å²) in [5, 5.41) is 15.1. The first kappa shape index (κ1) is 29.0. The van der Waals surface area contributed by atoms with E-state index in [1.807, 2.05) is 91.2 Å². The van der Waals surface area contributed by atoms with Crippen molar-refractivity contribution in [2.75, 3.05) is 18.5 Å². The zero-order chi connectivity index (χ0) is 29.5. The summed E-state index contributed by atoms with van der Waals surface area (Å²) >= 11 is 6.20. The Hall–Kier alpha value is -4.50. The number of ether oxygens (including phenoxy) is 1. The molecule has 4 aromatic rings. The Morgan fingerprint density at radius 2 is 1.76 bits per heavy atom. The minimum absolute atomic E-state index is 0.0164. The maximum absolute atomic E-state index is 12.7. The fourth-order valence-corrected chi connectivity index (χ4v) is 5.03. The first-order valence-electron chi connectivity index (χ1n) is 14.1. The fraction of sp³-hybridized carbons (Fsp3) is 0.281. The van der Waals surface area contributed by atoms with Crippen LogP contribution < -0.4 is 15.4 Å². The van der Waals surface area contributed by atoms with Gasteiger partial charge in [0.1, 0.15) is 17.6 Å². The number of halogens is 1. The summed E-state index contributed by atoms with van der Waals surface area (Å²) < 4.78 is 8.09. The Morgan fingerprint density at radius 3 is 2.52 bits per heavy atom. The van der Waals surface area contributed by atoms with Gasteiger partial charge in [0.15, 0.2) is 5.82 Å². The van der Waals surface area contributed by atoms with Crippen LogP contribution in [0.4, 0.5) is 5.69 Å². The third kappa shape index (κ3) is 6.86. The second-order valence-corrected chi connectivity index (χ2v) is 10.4. The van der Waals surface area contributed by atoms with Crippen molar-refractivity contribution in [1.82, 2.24) is 20.1 Å². The summed E-state index contributed by atoms with van der Waals surface area (Å²) in [6.07, 6.45) is 1.98. The molecule has 0 fully saturated rings. The van der Waals surface area contributed by atoms with Crippen LogP contribution in [0.3, 0.4) is 0 Å². The molecule has 0 bridgehead atoms. The monoisotopic (exact) mass is 584 g/mol. The van der Waals surface area contributed by atoms with Gasteiger partial charge in [0.25, 0.3) is 0 Å². The maximum atomic E-state index is 12.7. The highest BCUT2D eigenvalue weighted by molar-refractivity contribution is 6.30. The number of aromatic nitrogens is 3. The lowest BCUT2D eigenvalue weighted by atomic mass is 10.00. The molecular weight excluding hydrogens is 552 g/mol. The number of fused-ring (bicyclic) bond motifs is 3. The van der Waals surface area contributed by atoms with E-state index in [9.17, 15) is 9.59 Å². The Bertz CT molecular complexity index is 1580. The van der Waals surface area contributed by atoms with Gasteiger partial charge in [-0.1, -0.05) is 41.9 Å². The van der Waals surface area contributed by atoms with Gasteiger partial charge in [-0.05, 0) is 69.2 Å². The van der Waals surface area contributed by atoms with Crippen LogP contribution >= 0.6 is 11.6 Å². The number of benzene rings is 3. The van der Waals surface area contributed by atoms with Crippen molar-refractivity contribution < 1.29 is 14.3 Å². The van der Waals surface area contributed by atoms with Crippen LogP contribution in [0.15, 0.2) is 77.8 Å². The molecule has 1 atom stereocenters. The van der Waals surface area contributed by atoms with E-state index in [-0.39, 0.29) is 18.2 Å². The highest BCUT2D eigenvalue weighted by Gasteiger charge is 2.30. The molecule has 0 aliphatic carbocycles. The normalized spacial score (nSPS) is 13.8. The molecule has 0 radical (unpaired) electrons. The summed E-state index contributed by atoms with van der Waals surface area (Å²) in [5.74, 6) is 1.85. The second kappa shape index (κ2) is 13.4. The number of hydrogen-bond acceptors (Lipinski definition) is 6. The van der Waals surface area contributed by atoms with E-state index in [0.29, 0.717) is 54.1 Å². The Morgan fingerprint density at radius 1 is 0.976 bits per heavy atom. The van der Waals surface area contributed by atoms with Gasteiger partial charge in [0.2, 0.25) is 11.8 Å². The summed E-state index contributed by atoms with van der Waals surface area (Å²) in [6, 6.07) is 22.2. The topological polar surface area (TPSA) is 110 Å². The number of aryl methyl sites for hydroxylation is 1. The molecular formula is C32H33ClN6O3. The van der Waals surface area contributed by atoms with Gasteiger partial charge in [-0.2, -0.15) is 0 Å². The number of nitrogens with zero attached hydrogens (tertiary/aromatic N) is 4. The minimum Gasteiger partial charge on any atom is -0.494 e. The predicted octanol–water partition coefficient (Wildman–Crippen LogP) is 5.84. The van der Waals surface area contributed by atoms with E-state index < -0.39 is 6.04 Å². The van der Waals surface area contributed by atoms with E-state index in [2.05, 4.69) is 20.8 Å². The number of unbranched alkanes of at least 4 members (excludes halogenated alkanes) is 1. The van der Waals surface area contributed by atoms with Gasteiger partial charge >= 0.3 is 0 Å². The number of carbonyl (C=O) groups excluding carboxylic acids is 2. The Balaban J connectivity index is 1.37. The number of anilines is 1. The van der Waals surface area contributed by atoms with Gasteiger partial charge in [-0.3, -0.25) is 19.1 Å². The van der Waals surface area contributed by atoms with Crippen molar-refractivity contribution in [2.24, 2.45) is 4.99 Å². The molecule has 5 rings (SSSR count). The molecule has 10 heteroatoms. The molecule has 2 amide bonds. The molecule has 2 heterocycles. The SMILES string of the molecule is CCNC(=O)C[C@@H]1N=C(c2ccc(Cl)cc2)c2cc(OCCCCC(=O)Nc3ccccc3)ccc2-n2c(C)nnc21. The van der Waals surface area contributed by atoms with Crippen molar-refractivity contribution in [3.05, 3.63) is 101 Å². The van der Waals surface area contributed by atoms with Gasteiger partial charge in [0.05, 0.1) is 24.4 Å². The van der Waals surface area contributed by atoms with Crippen LogP contribution in [0.1, 0.15) is 61.4 Å². The van der Waals surface area contributed by atoms with E-state index in [1.165, 1.54) is 0 Å². The molecule has 42 heavy (non-hydrogen) atoms. The summed E-state index contributed by atoms with van der Waals surface area (Å²) in [7, 11) is 0. The van der Waals surface area contributed by atoms with Crippen LogP contribution in [0.2, 0.25) is 5.02 Å². The number of para-hydroxylation sites is 1. The van der Waals surface area contributed by atoms with Crippen molar-refractivity contribution >= 4 is 34.8 Å². The van der Waals surface area contributed by atoms with Gasteiger partial charge in [0, 0.05) is 34.8 Å². The number of hydrogen-bond donors (Lipinski definition) is 2. The number of carbonyl (C=O) groups is 2. The van der Waals surface area contributed by atoms with Crippen LogP contribution in [0.25, 0.3) is 5.69 Å². The summed E-state index contributed by atoms with van der Waals surface area (Å²) in [5.41, 5.74) is 4.05. The second-order valence-electron chi connectivity index (χ2n) is 10.00. The summed E-state index contributed by atoms with van der Waals surface area (Å²) in [6.45, 7) is 4.76. The smallest absolute Gasteiger partial charge is 0.224 e. The quantitative estimate of drug-likeness (QED) is 0.215. The maximum Gasteiger partial charge on any atom is 0.224 e. The third-order valence-corrected chi connectivity index (χ3v) is 7.14. The molecule has 2 N–H and O–H groups in total.